The molecule has 1 unspecified atom stereocenters. The second kappa shape index (κ2) is 6.68. The number of carbonyl (C=O) groups excluding carboxylic acids is 2. The lowest BCUT2D eigenvalue weighted by molar-refractivity contribution is -0.142. The van der Waals surface area contributed by atoms with E-state index >= 15 is 0 Å². The molecule has 2 aliphatic heterocycles. The molecular formula is C18H23N5O3. The third-order valence-electron chi connectivity index (χ3n) is 5.09. The fourth-order valence-corrected chi connectivity index (χ4v) is 3.70. The van der Waals surface area contributed by atoms with Gasteiger partial charge in [0.05, 0.1) is 6.20 Å². The summed E-state index contributed by atoms with van der Waals surface area (Å²) in [5.74, 6) is -0.0276. The first-order chi connectivity index (χ1) is 12.5. The van der Waals surface area contributed by atoms with Crippen LogP contribution in [0.3, 0.4) is 0 Å². The van der Waals surface area contributed by atoms with E-state index in [2.05, 4.69) is 10.1 Å². The minimum absolute atomic E-state index is 0.0542. The van der Waals surface area contributed by atoms with Gasteiger partial charge in [-0.25, -0.2) is 9.50 Å². The molecule has 0 aliphatic carbocycles. The molecule has 8 nitrogen and oxygen atoms in total. The minimum Gasteiger partial charge on any atom is -0.368 e. The van der Waals surface area contributed by atoms with E-state index in [1.165, 1.54) is 0 Å². The van der Waals surface area contributed by atoms with Crippen LogP contribution in [0.1, 0.15) is 34.6 Å². The van der Waals surface area contributed by atoms with E-state index < -0.39 is 0 Å². The van der Waals surface area contributed by atoms with Crippen molar-refractivity contribution in [3.8, 4) is 0 Å². The van der Waals surface area contributed by atoms with Crippen LogP contribution in [0.4, 0.5) is 0 Å². The highest BCUT2D eigenvalue weighted by atomic mass is 16.5. The highest BCUT2D eigenvalue weighted by Crippen LogP contribution is 2.18. The molecule has 8 heteroatoms. The van der Waals surface area contributed by atoms with Crippen molar-refractivity contribution in [1.82, 2.24) is 24.4 Å². The van der Waals surface area contributed by atoms with Crippen molar-refractivity contribution in [2.45, 2.75) is 32.8 Å². The van der Waals surface area contributed by atoms with E-state index in [-0.39, 0.29) is 17.9 Å². The maximum atomic E-state index is 12.9. The second-order valence-corrected chi connectivity index (χ2v) is 6.95. The van der Waals surface area contributed by atoms with Crippen LogP contribution in [0.5, 0.6) is 0 Å². The number of aryl methyl sites for hydroxylation is 2. The quantitative estimate of drug-likeness (QED) is 0.795. The Morgan fingerprint density at radius 2 is 1.88 bits per heavy atom. The number of amides is 2. The van der Waals surface area contributed by atoms with Gasteiger partial charge in [0.1, 0.15) is 11.7 Å². The molecule has 1 atom stereocenters. The molecule has 2 aliphatic rings. The van der Waals surface area contributed by atoms with Gasteiger partial charge in [0.25, 0.3) is 11.8 Å². The lowest BCUT2D eigenvalue weighted by Gasteiger charge is -2.35. The van der Waals surface area contributed by atoms with Crippen LogP contribution < -0.4 is 0 Å². The Kier molecular flexibility index (Phi) is 4.36. The first-order valence-electron chi connectivity index (χ1n) is 9.06. The first-order valence-corrected chi connectivity index (χ1v) is 9.06. The Labute approximate surface area is 151 Å². The topological polar surface area (TPSA) is 80.0 Å². The normalized spacial score (nSPS) is 20.8. The summed E-state index contributed by atoms with van der Waals surface area (Å²) in [4.78, 5) is 33.4. The van der Waals surface area contributed by atoms with Gasteiger partial charge in [0, 0.05) is 44.2 Å². The van der Waals surface area contributed by atoms with Gasteiger partial charge in [-0.2, -0.15) is 5.10 Å². The number of fused-ring (bicyclic) bond motifs is 1. The van der Waals surface area contributed by atoms with Crippen molar-refractivity contribution in [3.63, 3.8) is 0 Å². The van der Waals surface area contributed by atoms with Crippen LogP contribution in [0.25, 0.3) is 5.65 Å². The van der Waals surface area contributed by atoms with Gasteiger partial charge in [-0.15, -0.1) is 0 Å². The molecule has 26 heavy (non-hydrogen) atoms. The van der Waals surface area contributed by atoms with Gasteiger partial charge in [-0.3, -0.25) is 9.59 Å². The number of hydrogen-bond acceptors (Lipinski definition) is 5. The molecule has 138 valence electrons. The number of rotatable bonds is 2. The average molecular weight is 357 g/mol. The van der Waals surface area contributed by atoms with E-state index in [9.17, 15) is 9.59 Å². The molecule has 2 fully saturated rings. The summed E-state index contributed by atoms with van der Waals surface area (Å²) in [5.41, 5.74) is 2.90. The highest BCUT2D eigenvalue weighted by molar-refractivity contribution is 5.99. The second-order valence-electron chi connectivity index (χ2n) is 6.95. The monoisotopic (exact) mass is 357 g/mol. The van der Waals surface area contributed by atoms with Crippen molar-refractivity contribution in [1.29, 1.82) is 0 Å². The Hall–Kier alpha value is -2.48. The molecule has 0 aromatic carbocycles. The van der Waals surface area contributed by atoms with Crippen LogP contribution in [0, 0.1) is 13.8 Å². The molecule has 0 radical (unpaired) electrons. The molecule has 0 saturated carbocycles. The van der Waals surface area contributed by atoms with Crippen molar-refractivity contribution in [2.24, 2.45) is 0 Å². The molecule has 4 rings (SSSR count). The van der Waals surface area contributed by atoms with Crippen LogP contribution >= 0.6 is 0 Å². The number of hydrogen-bond donors (Lipinski definition) is 0. The largest absolute Gasteiger partial charge is 0.368 e. The van der Waals surface area contributed by atoms with Gasteiger partial charge in [0.15, 0.2) is 5.65 Å². The van der Waals surface area contributed by atoms with Crippen molar-refractivity contribution in [3.05, 3.63) is 29.2 Å². The molecule has 0 bridgehead atoms. The molecular weight excluding hydrogens is 334 g/mol. The molecule has 2 saturated heterocycles. The molecule has 2 amide bonds. The van der Waals surface area contributed by atoms with Crippen molar-refractivity contribution < 1.29 is 14.3 Å². The lowest BCUT2D eigenvalue weighted by atomic mass is 10.2. The number of aromatic nitrogens is 3. The predicted octanol–water partition coefficient (Wildman–Crippen LogP) is 0.810. The summed E-state index contributed by atoms with van der Waals surface area (Å²) in [7, 11) is 0. The van der Waals surface area contributed by atoms with E-state index in [0.717, 1.165) is 24.2 Å². The zero-order valence-corrected chi connectivity index (χ0v) is 15.1. The molecule has 0 spiro atoms. The number of ether oxygens (including phenoxy) is 1. The Morgan fingerprint density at radius 1 is 1.15 bits per heavy atom. The predicted molar refractivity (Wildman–Crippen MR) is 93.9 cm³/mol. The summed E-state index contributed by atoms with van der Waals surface area (Å²) in [6.07, 6.45) is 3.02. The fourth-order valence-electron chi connectivity index (χ4n) is 3.70. The Balaban J connectivity index is 1.46. The molecule has 2 aromatic rings. The fraction of sp³-hybridized carbons (Fsp3) is 0.556. The van der Waals surface area contributed by atoms with E-state index in [0.29, 0.717) is 44.0 Å². The zero-order chi connectivity index (χ0) is 18.3. The standard InChI is InChI=1S/C18H23N5O3/c1-12-10-13(2)23-16(20-12)14(11-19-23)17(24)21-5-7-22(8-6-21)18(25)15-4-3-9-26-15/h10-11,15H,3-9H2,1-2H3. The Morgan fingerprint density at radius 3 is 2.58 bits per heavy atom. The van der Waals surface area contributed by atoms with E-state index in [1.807, 2.05) is 24.8 Å². The van der Waals surface area contributed by atoms with E-state index in [4.69, 9.17) is 4.74 Å². The van der Waals surface area contributed by atoms with Gasteiger partial charge >= 0.3 is 0 Å². The smallest absolute Gasteiger partial charge is 0.259 e. The van der Waals surface area contributed by atoms with Gasteiger partial charge < -0.3 is 14.5 Å². The maximum Gasteiger partial charge on any atom is 0.259 e. The first kappa shape index (κ1) is 17.0. The van der Waals surface area contributed by atoms with Crippen LogP contribution in [-0.2, 0) is 9.53 Å². The van der Waals surface area contributed by atoms with Crippen LogP contribution in [0.15, 0.2) is 12.3 Å². The molecule has 2 aromatic heterocycles. The summed E-state index contributed by atoms with van der Waals surface area (Å²) in [5, 5.41) is 4.30. The van der Waals surface area contributed by atoms with Crippen molar-refractivity contribution >= 4 is 17.5 Å². The third-order valence-corrected chi connectivity index (χ3v) is 5.09. The summed E-state index contributed by atoms with van der Waals surface area (Å²) in [6, 6.07) is 1.93. The SMILES string of the molecule is Cc1cc(C)n2ncc(C(=O)N3CCN(C(=O)C4CCCO4)CC3)c2n1. The molecule has 4 heterocycles. The summed E-state index contributed by atoms with van der Waals surface area (Å²) >= 11 is 0. The van der Waals surface area contributed by atoms with Crippen LogP contribution in [-0.4, -0.2) is 75.1 Å². The Bertz CT molecular complexity index is 848. The van der Waals surface area contributed by atoms with Crippen LogP contribution in [0.2, 0.25) is 0 Å². The maximum absolute atomic E-state index is 12.9. The number of nitrogens with zero attached hydrogens (tertiary/aromatic N) is 5. The van der Waals surface area contributed by atoms with Crippen molar-refractivity contribution in [2.75, 3.05) is 32.8 Å². The summed E-state index contributed by atoms with van der Waals surface area (Å²) < 4.78 is 7.17. The van der Waals surface area contributed by atoms with Gasteiger partial charge in [-0.1, -0.05) is 0 Å². The zero-order valence-electron chi connectivity index (χ0n) is 15.1. The van der Waals surface area contributed by atoms with E-state index in [1.54, 1.807) is 15.6 Å². The van der Waals surface area contributed by atoms with Gasteiger partial charge in [0.2, 0.25) is 0 Å². The number of piperazine rings is 1. The third kappa shape index (κ3) is 2.94. The van der Waals surface area contributed by atoms with Gasteiger partial charge in [-0.05, 0) is 32.8 Å². The number of carbonyl (C=O) groups is 2. The minimum atomic E-state index is -0.299. The summed E-state index contributed by atoms with van der Waals surface area (Å²) in [6.45, 7) is 6.61. The highest BCUT2D eigenvalue weighted by Gasteiger charge is 2.32. The molecule has 0 N–H and O–H groups in total. The average Bonchev–Trinajstić information content (AvgIpc) is 3.30. The lowest BCUT2D eigenvalue weighted by Crippen LogP contribution is -2.52.